The highest BCUT2D eigenvalue weighted by Crippen LogP contribution is 2.25. The van der Waals surface area contributed by atoms with E-state index >= 15 is 0 Å². The van der Waals surface area contributed by atoms with Crippen molar-refractivity contribution in [2.45, 2.75) is 18.0 Å². The van der Waals surface area contributed by atoms with Gasteiger partial charge in [-0.3, -0.25) is 0 Å². The SMILES string of the molecule is OCC1O[CH]C(O)(O)C1O. The first-order chi connectivity index (χ1) is 4.58. The van der Waals surface area contributed by atoms with Gasteiger partial charge < -0.3 is 25.2 Å². The third-order valence-electron chi connectivity index (χ3n) is 1.38. The van der Waals surface area contributed by atoms with Crippen molar-refractivity contribution >= 4 is 0 Å². The Morgan fingerprint density at radius 3 is 2.30 bits per heavy atom. The van der Waals surface area contributed by atoms with Gasteiger partial charge in [-0.1, -0.05) is 0 Å². The van der Waals surface area contributed by atoms with E-state index in [4.69, 9.17) is 20.4 Å². The number of aliphatic hydroxyl groups excluding tert-OH is 2. The maximum atomic E-state index is 8.90. The Bertz CT molecular complexity index is 123. The van der Waals surface area contributed by atoms with Gasteiger partial charge in [0.15, 0.2) is 0 Å². The van der Waals surface area contributed by atoms with Crippen LogP contribution in [0.25, 0.3) is 0 Å². The van der Waals surface area contributed by atoms with E-state index in [0.29, 0.717) is 6.61 Å². The second-order valence-electron chi connectivity index (χ2n) is 2.20. The molecule has 0 aliphatic carbocycles. The molecule has 4 N–H and O–H groups in total. The van der Waals surface area contributed by atoms with Crippen LogP contribution in [0.15, 0.2) is 0 Å². The van der Waals surface area contributed by atoms with E-state index in [0.717, 1.165) is 0 Å². The monoisotopic (exact) mass is 149 g/mol. The largest absolute Gasteiger partial charge is 0.394 e. The zero-order valence-electron chi connectivity index (χ0n) is 5.14. The number of hydrogen-bond acceptors (Lipinski definition) is 5. The molecule has 0 spiro atoms. The number of aliphatic hydroxyl groups is 4. The third-order valence-corrected chi connectivity index (χ3v) is 1.38. The molecule has 1 rings (SSSR count). The van der Waals surface area contributed by atoms with E-state index < -0.39 is 24.6 Å². The van der Waals surface area contributed by atoms with Crippen LogP contribution in [0.3, 0.4) is 0 Å². The summed E-state index contributed by atoms with van der Waals surface area (Å²) in [5.41, 5.74) is 0. The molecule has 10 heavy (non-hydrogen) atoms. The van der Waals surface area contributed by atoms with E-state index in [9.17, 15) is 0 Å². The van der Waals surface area contributed by atoms with E-state index in [1.54, 1.807) is 0 Å². The molecule has 5 heteroatoms. The van der Waals surface area contributed by atoms with E-state index in [1.807, 2.05) is 0 Å². The van der Waals surface area contributed by atoms with Gasteiger partial charge in [0.2, 0.25) is 5.79 Å². The molecule has 0 saturated carbocycles. The molecule has 0 bridgehead atoms. The van der Waals surface area contributed by atoms with E-state index in [1.165, 1.54) is 0 Å². The first-order valence-electron chi connectivity index (χ1n) is 2.81. The highest BCUT2D eigenvalue weighted by atomic mass is 16.6. The molecule has 5 nitrogen and oxygen atoms in total. The molecule has 0 amide bonds. The molecule has 2 unspecified atom stereocenters. The minimum absolute atomic E-state index is 0.444. The standard InChI is InChI=1S/C5H9O5/c6-1-3-4(7)5(8,9)2-10-3/h2-4,6-9H,1H2. The smallest absolute Gasteiger partial charge is 0.222 e. The summed E-state index contributed by atoms with van der Waals surface area (Å²) in [4.78, 5) is 0. The summed E-state index contributed by atoms with van der Waals surface area (Å²) in [6, 6.07) is 0. The quantitative estimate of drug-likeness (QED) is 0.311. The molecule has 1 aliphatic heterocycles. The van der Waals surface area contributed by atoms with Gasteiger partial charge in [0, 0.05) is 0 Å². The summed E-state index contributed by atoms with van der Waals surface area (Å²) in [5.74, 6) is -2.33. The van der Waals surface area contributed by atoms with Gasteiger partial charge in [0.1, 0.15) is 18.8 Å². The predicted octanol–water partition coefficient (Wildman–Crippen LogP) is -2.42. The molecule has 59 valence electrons. The van der Waals surface area contributed by atoms with E-state index in [-0.39, 0.29) is 0 Å². The maximum absolute atomic E-state index is 8.90. The van der Waals surface area contributed by atoms with Crippen molar-refractivity contribution in [1.82, 2.24) is 0 Å². The summed E-state index contributed by atoms with van der Waals surface area (Å²) < 4.78 is 4.50. The number of hydrogen-bond donors (Lipinski definition) is 4. The van der Waals surface area contributed by atoms with Crippen molar-refractivity contribution in [1.29, 1.82) is 0 Å². The number of rotatable bonds is 1. The van der Waals surface area contributed by atoms with Crippen molar-refractivity contribution < 1.29 is 25.2 Å². The molecular weight excluding hydrogens is 140 g/mol. The Morgan fingerprint density at radius 1 is 1.50 bits per heavy atom. The van der Waals surface area contributed by atoms with Crippen molar-refractivity contribution in [2.24, 2.45) is 0 Å². The number of ether oxygens (including phenoxy) is 1. The van der Waals surface area contributed by atoms with Gasteiger partial charge in [0.25, 0.3) is 0 Å². The highest BCUT2D eigenvalue weighted by Gasteiger charge is 2.46. The average molecular weight is 149 g/mol. The van der Waals surface area contributed by atoms with Crippen LogP contribution >= 0.6 is 0 Å². The summed E-state index contributed by atoms with van der Waals surface area (Å²) >= 11 is 0. The van der Waals surface area contributed by atoms with Gasteiger partial charge in [-0.05, 0) is 0 Å². The molecule has 2 atom stereocenters. The van der Waals surface area contributed by atoms with Crippen LogP contribution in [0.1, 0.15) is 0 Å². The fourth-order valence-electron chi connectivity index (χ4n) is 0.748. The van der Waals surface area contributed by atoms with Crippen LogP contribution < -0.4 is 0 Å². The van der Waals surface area contributed by atoms with Gasteiger partial charge in [0.05, 0.1) is 6.61 Å². The topological polar surface area (TPSA) is 90.2 Å². The fourth-order valence-corrected chi connectivity index (χ4v) is 0.748. The lowest BCUT2D eigenvalue weighted by Gasteiger charge is -2.18. The Labute approximate surface area is 57.5 Å². The van der Waals surface area contributed by atoms with Gasteiger partial charge >= 0.3 is 0 Å². The van der Waals surface area contributed by atoms with E-state index in [2.05, 4.69) is 4.74 Å². The Hall–Kier alpha value is -0.200. The van der Waals surface area contributed by atoms with Crippen LogP contribution in [0, 0.1) is 6.61 Å². The first kappa shape index (κ1) is 7.90. The lowest BCUT2D eigenvalue weighted by Crippen LogP contribution is -2.43. The van der Waals surface area contributed by atoms with Crippen LogP contribution in [-0.4, -0.2) is 45.0 Å². The van der Waals surface area contributed by atoms with Crippen molar-refractivity contribution in [3.05, 3.63) is 6.61 Å². The third kappa shape index (κ3) is 1.14. The summed E-state index contributed by atoms with van der Waals surface area (Å²) in [5, 5.41) is 34.9. The molecule has 0 aromatic heterocycles. The molecule has 0 aromatic rings. The average Bonchev–Trinajstić information content (AvgIpc) is 2.10. The van der Waals surface area contributed by atoms with Gasteiger partial charge in [-0.15, -0.1) is 0 Å². The zero-order chi connectivity index (χ0) is 7.78. The summed E-state index contributed by atoms with van der Waals surface area (Å²) in [6.45, 7) is 0.249. The highest BCUT2D eigenvalue weighted by molar-refractivity contribution is 4.95. The van der Waals surface area contributed by atoms with Crippen molar-refractivity contribution in [3.8, 4) is 0 Å². The molecule has 1 heterocycles. The fraction of sp³-hybridized carbons (Fsp3) is 0.800. The molecule has 0 aromatic carbocycles. The van der Waals surface area contributed by atoms with Crippen molar-refractivity contribution in [3.63, 3.8) is 0 Å². The summed E-state index contributed by atoms with van der Waals surface area (Å²) in [6.07, 6.45) is -2.41. The second-order valence-corrected chi connectivity index (χ2v) is 2.20. The minimum atomic E-state index is -2.33. The lowest BCUT2D eigenvalue weighted by atomic mass is 10.1. The van der Waals surface area contributed by atoms with Gasteiger partial charge in [-0.2, -0.15) is 0 Å². The Balaban J connectivity index is 2.58. The second kappa shape index (κ2) is 2.44. The molecule has 1 radical (unpaired) electrons. The first-order valence-corrected chi connectivity index (χ1v) is 2.81. The molecule has 1 saturated heterocycles. The Kier molecular flexibility index (Phi) is 1.93. The van der Waals surface area contributed by atoms with Crippen molar-refractivity contribution in [2.75, 3.05) is 6.61 Å². The summed E-state index contributed by atoms with van der Waals surface area (Å²) in [7, 11) is 0. The maximum Gasteiger partial charge on any atom is 0.222 e. The van der Waals surface area contributed by atoms with Crippen LogP contribution in [0.4, 0.5) is 0 Å². The molecular formula is C5H9O5. The van der Waals surface area contributed by atoms with Gasteiger partial charge in [-0.25, -0.2) is 0 Å². The van der Waals surface area contributed by atoms with Crippen LogP contribution in [0.5, 0.6) is 0 Å². The minimum Gasteiger partial charge on any atom is -0.394 e. The van der Waals surface area contributed by atoms with Crippen LogP contribution in [-0.2, 0) is 4.74 Å². The normalized spacial score (nSPS) is 38.4. The Morgan fingerprint density at radius 2 is 2.10 bits per heavy atom. The molecule has 1 aliphatic rings. The predicted molar refractivity (Wildman–Crippen MR) is 29.4 cm³/mol. The molecule has 1 fully saturated rings. The zero-order valence-corrected chi connectivity index (χ0v) is 5.14. The lowest BCUT2D eigenvalue weighted by molar-refractivity contribution is -0.189. The van der Waals surface area contributed by atoms with Crippen LogP contribution in [0.2, 0.25) is 0 Å².